The number of nitrogens with zero attached hydrogens (tertiary/aromatic N) is 2. The molecular weight excluding hydrogens is 178 g/mol. The molecule has 1 aromatic heterocycles. The van der Waals surface area contributed by atoms with Gasteiger partial charge in [-0.15, -0.1) is 0 Å². The van der Waals surface area contributed by atoms with E-state index in [1.807, 2.05) is 11.5 Å². The van der Waals surface area contributed by atoms with Crippen molar-refractivity contribution in [1.29, 1.82) is 0 Å². The summed E-state index contributed by atoms with van der Waals surface area (Å²) in [6.07, 6.45) is 3.54. The molecule has 1 rings (SSSR count). The Balaban J connectivity index is 2.89. The van der Waals surface area contributed by atoms with E-state index in [9.17, 15) is 5.11 Å². The van der Waals surface area contributed by atoms with Gasteiger partial charge >= 0.3 is 0 Å². The first kappa shape index (κ1) is 11.2. The van der Waals surface area contributed by atoms with E-state index in [4.69, 9.17) is 5.73 Å². The van der Waals surface area contributed by atoms with Crippen LogP contribution >= 0.6 is 0 Å². The van der Waals surface area contributed by atoms with Crippen molar-refractivity contribution in [3.05, 3.63) is 18.2 Å². The van der Waals surface area contributed by atoms with Gasteiger partial charge < -0.3 is 15.4 Å². The fraction of sp³-hybridized carbons (Fsp3) is 0.700. The zero-order valence-electron chi connectivity index (χ0n) is 9.01. The fourth-order valence-corrected chi connectivity index (χ4v) is 1.42. The maximum absolute atomic E-state index is 9.92. The molecule has 0 fully saturated rings. The van der Waals surface area contributed by atoms with Gasteiger partial charge in [0, 0.05) is 12.1 Å². The van der Waals surface area contributed by atoms with Crippen LogP contribution in [0.3, 0.4) is 0 Å². The van der Waals surface area contributed by atoms with Crippen LogP contribution in [-0.4, -0.2) is 20.7 Å². The molecule has 4 nitrogen and oxygen atoms in total. The summed E-state index contributed by atoms with van der Waals surface area (Å²) in [7, 11) is 0. The average molecular weight is 197 g/mol. The Labute approximate surface area is 84.8 Å². The zero-order chi connectivity index (χ0) is 10.7. The maximum Gasteiger partial charge on any atom is 0.111 e. The summed E-state index contributed by atoms with van der Waals surface area (Å²) < 4.78 is 1.94. The molecule has 0 saturated carbocycles. The van der Waals surface area contributed by atoms with Gasteiger partial charge in [0.1, 0.15) is 6.10 Å². The third-order valence-electron chi connectivity index (χ3n) is 2.43. The minimum atomic E-state index is -0.620. The highest BCUT2D eigenvalue weighted by Crippen LogP contribution is 2.20. The van der Waals surface area contributed by atoms with Gasteiger partial charge in [-0.1, -0.05) is 6.92 Å². The molecule has 0 aliphatic rings. The summed E-state index contributed by atoms with van der Waals surface area (Å²) in [6.45, 7) is 6.06. The molecule has 4 heteroatoms. The molecule has 0 saturated heterocycles. The van der Waals surface area contributed by atoms with Crippen molar-refractivity contribution in [3.8, 4) is 0 Å². The van der Waals surface area contributed by atoms with Crippen LogP contribution in [0.1, 0.15) is 45.0 Å². The molecular formula is C10H19N3O. The highest BCUT2D eigenvalue weighted by atomic mass is 16.3. The monoisotopic (exact) mass is 197 g/mol. The van der Waals surface area contributed by atoms with E-state index in [1.54, 1.807) is 12.5 Å². The lowest BCUT2D eigenvalue weighted by molar-refractivity contribution is 0.134. The average Bonchev–Trinajstić information content (AvgIpc) is 2.63. The quantitative estimate of drug-likeness (QED) is 0.763. The molecule has 2 atom stereocenters. The van der Waals surface area contributed by atoms with Crippen LogP contribution in [-0.2, 0) is 0 Å². The van der Waals surface area contributed by atoms with E-state index in [1.165, 1.54) is 0 Å². The summed E-state index contributed by atoms with van der Waals surface area (Å²) in [5, 5.41) is 9.92. The second-order valence-electron chi connectivity index (χ2n) is 3.84. The van der Waals surface area contributed by atoms with Gasteiger partial charge in [-0.25, -0.2) is 4.98 Å². The third-order valence-corrected chi connectivity index (χ3v) is 2.43. The van der Waals surface area contributed by atoms with E-state index in [0.29, 0.717) is 6.04 Å². The van der Waals surface area contributed by atoms with Crippen molar-refractivity contribution >= 4 is 0 Å². The van der Waals surface area contributed by atoms with E-state index < -0.39 is 6.10 Å². The second kappa shape index (κ2) is 4.57. The summed E-state index contributed by atoms with van der Waals surface area (Å²) >= 11 is 0. The Morgan fingerprint density at radius 2 is 2.21 bits per heavy atom. The molecule has 1 heterocycles. The predicted molar refractivity (Wildman–Crippen MR) is 55.8 cm³/mol. The summed E-state index contributed by atoms with van der Waals surface area (Å²) in [4.78, 5) is 4.03. The summed E-state index contributed by atoms with van der Waals surface area (Å²) in [5.41, 5.74) is 6.59. The Hall–Kier alpha value is -0.870. The van der Waals surface area contributed by atoms with Crippen LogP contribution in [0, 0.1) is 0 Å². The van der Waals surface area contributed by atoms with Crippen LogP contribution < -0.4 is 5.73 Å². The van der Waals surface area contributed by atoms with Crippen LogP contribution in [0.5, 0.6) is 0 Å². The van der Waals surface area contributed by atoms with Gasteiger partial charge in [0.15, 0.2) is 0 Å². The molecule has 14 heavy (non-hydrogen) atoms. The van der Waals surface area contributed by atoms with Gasteiger partial charge in [-0.3, -0.25) is 0 Å². The molecule has 0 aromatic carbocycles. The van der Waals surface area contributed by atoms with Crippen molar-refractivity contribution in [2.75, 3.05) is 0 Å². The van der Waals surface area contributed by atoms with Gasteiger partial charge in [-0.05, 0) is 20.3 Å². The number of aliphatic hydroxyl groups excluding tert-OH is 1. The normalized spacial score (nSPS) is 15.9. The van der Waals surface area contributed by atoms with Gasteiger partial charge in [0.2, 0.25) is 0 Å². The lowest BCUT2D eigenvalue weighted by Gasteiger charge is -2.20. The lowest BCUT2D eigenvalue weighted by Crippen LogP contribution is -2.29. The number of aromatic nitrogens is 2. The Morgan fingerprint density at radius 3 is 2.71 bits per heavy atom. The van der Waals surface area contributed by atoms with Gasteiger partial charge in [-0.2, -0.15) is 0 Å². The summed E-state index contributed by atoms with van der Waals surface area (Å²) in [5.74, 6) is 0. The van der Waals surface area contributed by atoms with Crippen LogP contribution in [0.2, 0.25) is 0 Å². The van der Waals surface area contributed by atoms with Crippen LogP contribution in [0.25, 0.3) is 0 Å². The van der Waals surface area contributed by atoms with Crippen molar-refractivity contribution in [2.24, 2.45) is 5.73 Å². The molecule has 0 bridgehead atoms. The molecule has 0 amide bonds. The van der Waals surface area contributed by atoms with E-state index in [2.05, 4.69) is 18.8 Å². The highest BCUT2D eigenvalue weighted by molar-refractivity contribution is 5.06. The number of hydrogen-bond donors (Lipinski definition) is 2. The SMILES string of the molecule is CCC(N)C(O)c1cncn1C(C)C. The third kappa shape index (κ3) is 2.13. The molecule has 0 aliphatic carbocycles. The van der Waals surface area contributed by atoms with Gasteiger partial charge in [0.25, 0.3) is 0 Å². The number of imidazole rings is 1. The van der Waals surface area contributed by atoms with E-state index in [-0.39, 0.29) is 6.04 Å². The van der Waals surface area contributed by atoms with Crippen molar-refractivity contribution in [3.63, 3.8) is 0 Å². The zero-order valence-corrected chi connectivity index (χ0v) is 9.01. The topological polar surface area (TPSA) is 64.1 Å². The Bertz CT molecular complexity index is 283. The molecule has 3 N–H and O–H groups in total. The number of aliphatic hydroxyl groups is 1. The van der Waals surface area contributed by atoms with Crippen molar-refractivity contribution < 1.29 is 5.11 Å². The largest absolute Gasteiger partial charge is 0.385 e. The van der Waals surface area contributed by atoms with Crippen LogP contribution in [0.4, 0.5) is 0 Å². The highest BCUT2D eigenvalue weighted by Gasteiger charge is 2.19. The molecule has 0 spiro atoms. The molecule has 2 unspecified atom stereocenters. The minimum Gasteiger partial charge on any atom is -0.385 e. The van der Waals surface area contributed by atoms with Gasteiger partial charge in [0.05, 0.1) is 18.2 Å². The number of rotatable bonds is 4. The number of hydrogen-bond acceptors (Lipinski definition) is 3. The Kier molecular flexibility index (Phi) is 3.66. The molecule has 1 aromatic rings. The van der Waals surface area contributed by atoms with Crippen molar-refractivity contribution in [2.45, 2.75) is 45.4 Å². The van der Waals surface area contributed by atoms with Crippen molar-refractivity contribution in [1.82, 2.24) is 9.55 Å². The second-order valence-corrected chi connectivity index (χ2v) is 3.84. The van der Waals surface area contributed by atoms with E-state index in [0.717, 1.165) is 12.1 Å². The first-order valence-electron chi connectivity index (χ1n) is 5.03. The standard InChI is InChI=1S/C10H19N3O/c1-4-8(11)10(14)9-5-12-6-13(9)7(2)3/h5-8,10,14H,4,11H2,1-3H3. The summed E-state index contributed by atoms with van der Waals surface area (Å²) in [6, 6.07) is 0.0791. The Morgan fingerprint density at radius 1 is 1.57 bits per heavy atom. The number of nitrogens with two attached hydrogens (primary N) is 1. The van der Waals surface area contributed by atoms with E-state index >= 15 is 0 Å². The lowest BCUT2D eigenvalue weighted by atomic mass is 10.1. The van der Waals surface area contributed by atoms with Crippen LogP contribution in [0.15, 0.2) is 12.5 Å². The molecule has 0 aliphatic heterocycles. The smallest absolute Gasteiger partial charge is 0.111 e. The molecule has 80 valence electrons. The minimum absolute atomic E-state index is 0.218. The first-order chi connectivity index (χ1) is 6.57. The first-order valence-corrected chi connectivity index (χ1v) is 5.03. The molecule has 0 radical (unpaired) electrons. The fourth-order valence-electron chi connectivity index (χ4n) is 1.42. The maximum atomic E-state index is 9.92. The predicted octanol–water partition coefficient (Wildman–Crippen LogP) is 1.23.